The Labute approximate surface area is 166 Å². The molecule has 1 aliphatic heterocycles. The smallest absolute Gasteiger partial charge is 0.264 e. The minimum atomic E-state index is -3.89. The first-order chi connectivity index (χ1) is 13.9. The van der Waals surface area contributed by atoms with E-state index in [0.29, 0.717) is 18.7 Å². The number of benzene rings is 3. The molecule has 0 saturated carbocycles. The lowest BCUT2D eigenvalue weighted by Gasteiger charge is -2.20. The number of halogens is 2. The van der Waals surface area contributed by atoms with Crippen LogP contribution in [0.15, 0.2) is 71.6 Å². The van der Waals surface area contributed by atoms with E-state index in [4.69, 9.17) is 0 Å². The number of hydrogen-bond donors (Lipinski definition) is 1. The molecule has 5 nitrogen and oxygen atoms in total. The second kappa shape index (κ2) is 7.29. The van der Waals surface area contributed by atoms with Crippen LogP contribution in [-0.4, -0.2) is 20.9 Å². The molecule has 29 heavy (non-hydrogen) atoms. The van der Waals surface area contributed by atoms with Gasteiger partial charge in [-0.3, -0.25) is 9.10 Å². The van der Waals surface area contributed by atoms with Crippen LogP contribution in [0, 0.1) is 11.6 Å². The molecule has 3 aromatic carbocycles. The van der Waals surface area contributed by atoms with Crippen LogP contribution in [0.4, 0.5) is 20.2 Å². The average molecular weight is 414 g/mol. The maximum Gasteiger partial charge on any atom is 0.264 e. The lowest BCUT2D eigenvalue weighted by atomic mass is 10.2. The molecule has 1 amide bonds. The van der Waals surface area contributed by atoms with Crippen LogP contribution in [0.5, 0.6) is 0 Å². The Morgan fingerprint density at radius 1 is 0.931 bits per heavy atom. The highest BCUT2D eigenvalue weighted by molar-refractivity contribution is 7.92. The summed E-state index contributed by atoms with van der Waals surface area (Å²) in [5.41, 5.74) is 0.927. The van der Waals surface area contributed by atoms with Crippen LogP contribution in [0.25, 0.3) is 0 Å². The highest BCUT2D eigenvalue weighted by atomic mass is 32.2. The van der Waals surface area contributed by atoms with Gasteiger partial charge in [0.1, 0.15) is 17.3 Å². The van der Waals surface area contributed by atoms with E-state index in [-0.39, 0.29) is 10.5 Å². The topological polar surface area (TPSA) is 66.5 Å². The molecular weight excluding hydrogens is 398 g/mol. The highest BCUT2D eigenvalue weighted by Gasteiger charge is 2.31. The van der Waals surface area contributed by atoms with Crippen molar-refractivity contribution in [1.29, 1.82) is 0 Å². The molecular formula is C21H16F2N2O3S. The van der Waals surface area contributed by atoms with E-state index >= 15 is 0 Å². The summed E-state index contributed by atoms with van der Waals surface area (Å²) in [5.74, 6) is -2.65. The van der Waals surface area contributed by atoms with Gasteiger partial charge in [-0.05, 0) is 48.4 Å². The van der Waals surface area contributed by atoms with E-state index in [1.807, 2.05) is 12.1 Å². The molecule has 0 atom stereocenters. The van der Waals surface area contributed by atoms with Crippen LogP contribution in [0.1, 0.15) is 15.9 Å². The molecule has 1 aliphatic rings. The Morgan fingerprint density at radius 3 is 2.38 bits per heavy atom. The van der Waals surface area contributed by atoms with Gasteiger partial charge in [0.25, 0.3) is 15.9 Å². The molecule has 0 fully saturated rings. The first-order valence-corrected chi connectivity index (χ1v) is 10.3. The second-order valence-electron chi connectivity index (χ2n) is 6.53. The lowest BCUT2D eigenvalue weighted by molar-refractivity contribution is 0.102. The molecule has 4 rings (SSSR count). The Morgan fingerprint density at radius 2 is 1.62 bits per heavy atom. The minimum absolute atomic E-state index is 0.0267. The van der Waals surface area contributed by atoms with Crippen molar-refractivity contribution in [2.45, 2.75) is 11.3 Å². The zero-order valence-electron chi connectivity index (χ0n) is 15.1. The number of carbonyl (C=O) groups excluding carboxylic acids is 1. The molecule has 1 N–H and O–H groups in total. The molecule has 0 bridgehead atoms. The van der Waals surface area contributed by atoms with Gasteiger partial charge in [0.15, 0.2) is 0 Å². The lowest BCUT2D eigenvalue weighted by Crippen LogP contribution is -2.29. The van der Waals surface area contributed by atoms with Gasteiger partial charge in [-0.15, -0.1) is 0 Å². The first-order valence-electron chi connectivity index (χ1n) is 8.84. The average Bonchev–Trinajstić information content (AvgIpc) is 3.16. The molecule has 3 aromatic rings. The van der Waals surface area contributed by atoms with Gasteiger partial charge >= 0.3 is 0 Å². The number of nitrogens with zero attached hydrogens (tertiary/aromatic N) is 1. The van der Waals surface area contributed by atoms with Crippen LogP contribution in [0.3, 0.4) is 0 Å². The molecule has 0 spiro atoms. The second-order valence-corrected chi connectivity index (χ2v) is 8.40. The van der Waals surface area contributed by atoms with Gasteiger partial charge < -0.3 is 5.32 Å². The number of anilines is 2. The number of nitrogens with one attached hydrogen (secondary N) is 1. The number of rotatable bonds is 4. The van der Waals surface area contributed by atoms with Crippen molar-refractivity contribution in [3.63, 3.8) is 0 Å². The summed E-state index contributed by atoms with van der Waals surface area (Å²) >= 11 is 0. The molecule has 0 unspecified atom stereocenters. The van der Waals surface area contributed by atoms with Gasteiger partial charge in [0.05, 0.1) is 10.6 Å². The molecule has 0 saturated heterocycles. The molecule has 0 aromatic heterocycles. The number of fused-ring (bicyclic) bond motifs is 1. The Balaban J connectivity index is 1.65. The van der Waals surface area contributed by atoms with Crippen molar-refractivity contribution in [2.24, 2.45) is 0 Å². The predicted molar refractivity (Wildman–Crippen MR) is 105 cm³/mol. The van der Waals surface area contributed by atoms with Crippen LogP contribution in [0.2, 0.25) is 0 Å². The van der Waals surface area contributed by atoms with E-state index in [1.54, 1.807) is 12.1 Å². The number of sulfonamides is 1. The van der Waals surface area contributed by atoms with Crippen LogP contribution in [-0.2, 0) is 16.4 Å². The fourth-order valence-corrected chi connectivity index (χ4v) is 4.84. The third-order valence-corrected chi connectivity index (χ3v) is 6.54. The predicted octanol–water partition coefficient (Wildman–Crippen LogP) is 3.97. The molecule has 0 radical (unpaired) electrons. The van der Waals surface area contributed by atoms with Crippen molar-refractivity contribution < 1.29 is 22.0 Å². The summed E-state index contributed by atoms with van der Waals surface area (Å²) in [4.78, 5) is 12.4. The SMILES string of the molecule is O=C(Nc1c(F)cccc1F)c1cccc(S(=O)(=O)N2CCc3ccccc32)c1. The summed E-state index contributed by atoms with van der Waals surface area (Å²) in [6.45, 7) is 0.304. The summed E-state index contributed by atoms with van der Waals surface area (Å²) in [7, 11) is -3.89. The number of amides is 1. The van der Waals surface area contributed by atoms with Crippen molar-refractivity contribution in [3.05, 3.63) is 89.5 Å². The zero-order valence-corrected chi connectivity index (χ0v) is 15.9. The number of hydrogen-bond acceptors (Lipinski definition) is 3. The van der Waals surface area contributed by atoms with E-state index in [9.17, 15) is 22.0 Å². The van der Waals surface area contributed by atoms with Gasteiger partial charge in [-0.25, -0.2) is 17.2 Å². The maximum atomic E-state index is 13.8. The molecule has 1 heterocycles. The number of carbonyl (C=O) groups is 1. The van der Waals surface area contributed by atoms with Crippen LogP contribution < -0.4 is 9.62 Å². The summed E-state index contributed by atoms with van der Waals surface area (Å²) in [6, 6.07) is 15.8. The third-order valence-electron chi connectivity index (χ3n) is 4.73. The fourth-order valence-electron chi connectivity index (χ4n) is 3.29. The largest absolute Gasteiger partial charge is 0.317 e. The monoisotopic (exact) mass is 414 g/mol. The van der Waals surface area contributed by atoms with Gasteiger partial charge in [-0.2, -0.15) is 0 Å². The number of para-hydroxylation sites is 2. The van der Waals surface area contributed by atoms with E-state index in [2.05, 4.69) is 5.32 Å². The van der Waals surface area contributed by atoms with E-state index in [1.165, 1.54) is 34.6 Å². The molecule has 0 aliphatic carbocycles. The van der Waals surface area contributed by atoms with Crippen molar-refractivity contribution >= 4 is 27.3 Å². The van der Waals surface area contributed by atoms with Crippen molar-refractivity contribution in [3.8, 4) is 0 Å². The van der Waals surface area contributed by atoms with Crippen molar-refractivity contribution in [2.75, 3.05) is 16.2 Å². The quantitative estimate of drug-likeness (QED) is 0.703. The summed E-state index contributed by atoms with van der Waals surface area (Å²) in [5, 5.41) is 2.16. The maximum absolute atomic E-state index is 13.8. The van der Waals surface area contributed by atoms with Gasteiger partial charge in [-0.1, -0.05) is 30.3 Å². The van der Waals surface area contributed by atoms with Crippen molar-refractivity contribution in [1.82, 2.24) is 0 Å². The van der Waals surface area contributed by atoms with Crippen LogP contribution >= 0.6 is 0 Å². The fraction of sp³-hybridized carbons (Fsp3) is 0.0952. The third kappa shape index (κ3) is 3.47. The molecule has 148 valence electrons. The van der Waals surface area contributed by atoms with E-state index < -0.39 is 33.3 Å². The van der Waals surface area contributed by atoms with E-state index in [0.717, 1.165) is 17.7 Å². The highest BCUT2D eigenvalue weighted by Crippen LogP contribution is 2.32. The van der Waals surface area contributed by atoms with Gasteiger partial charge in [0, 0.05) is 12.1 Å². The molecule has 8 heteroatoms. The Hall–Kier alpha value is -3.26. The zero-order chi connectivity index (χ0) is 20.6. The minimum Gasteiger partial charge on any atom is -0.317 e. The first kappa shape index (κ1) is 19.1. The Bertz CT molecular complexity index is 1190. The Kier molecular flexibility index (Phi) is 4.79. The summed E-state index contributed by atoms with van der Waals surface area (Å²) in [6.07, 6.45) is 0.599. The standard InChI is InChI=1S/C21H16F2N2O3S/c22-17-8-4-9-18(23)20(17)24-21(26)15-6-3-7-16(13-15)29(27,28)25-12-11-14-5-1-2-10-19(14)25/h1-10,13H,11-12H2,(H,24,26). The van der Waals surface area contributed by atoms with Gasteiger partial charge in [0.2, 0.25) is 0 Å². The summed E-state index contributed by atoms with van der Waals surface area (Å²) < 4.78 is 55.1. The normalized spacial score (nSPS) is 13.2.